The minimum Gasteiger partial charge on any atom is -0.495 e. The average Bonchev–Trinajstić information content (AvgIpc) is 3.67. The van der Waals surface area contributed by atoms with Crippen LogP contribution in [-0.4, -0.2) is 40.1 Å². The second-order valence-electron chi connectivity index (χ2n) is 8.82. The maximum Gasteiger partial charge on any atom is 0.261 e. The van der Waals surface area contributed by atoms with Gasteiger partial charge in [-0.25, -0.2) is 12.8 Å². The van der Waals surface area contributed by atoms with Gasteiger partial charge in [0.25, 0.3) is 5.91 Å². The van der Waals surface area contributed by atoms with Crippen LogP contribution in [-0.2, 0) is 21.1 Å². The van der Waals surface area contributed by atoms with E-state index in [0.29, 0.717) is 17.0 Å². The van der Waals surface area contributed by atoms with E-state index in [9.17, 15) is 22.4 Å². The van der Waals surface area contributed by atoms with E-state index < -0.39 is 27.5 Å². The van der Waals surface area contributed by atoms with Crippen molar-refractivity contribution in [2.24, 2.45) is 5.92 Å². The molecule has 1 fully saturated rings. The number of hydrogen-bond acceptors (Lipinski definition) is 5. The molecule has 0 heterocycles. The maximum absolute atomic E-state index is 14.8. The number of methoxy groups -OCH3 is 1. The molecule has 36 heavy (non-hydrogen) atoms. The molecule has 3 aromatic carbocycles. The van der Waals surface area contributed by atoms with E-state index >= 15 is 0 Å². The van der Waals surface area contributed by atoms with Crippen molar-refractivity contribution in [3.63, 3.8) is 0 Å². The van der Waals surface area contributed by atoms with Crippen LogP contribution in [0.5, 0.6) is 5.75 Å². The SMILES string of the molecule is COc1ccccc1N(C)C(=O)c1ccc(NC(=O)Cc2ccc(S(=O)(=O)CC3CC3)cc2)cc1F. The summed E-state index contributed by atoms with van der Waals surface area (Å²) >= 11 is 0. The minimum absolute atomic E-state index is 0.0121. The lowest BCUT2D eigenvalue weighted by atomic mass is 10.1. The molecule has 1 N–H and O–H groups in total. The van der Waals surface area contributed by atoms with Crippen LogP contribution >= 0.6 is 0 Å². The highest BCUT2D eigenvalue weighted by molar-refractivity contribution is 7.91. The Kier molecular flexibility index (Phi) is 7.40. The predicted octanol–water partition coefficient (Wildman–Crippen LogP) is 4.48. The first-order valence-electron chi connectivity index (χ1n) is 11.5. The second-order valence-corrected chi connectivity index (χ2v) is 10.9. The fraction of sp³-hybridized carbons (Fsp3) is 0.259. The van der Waals surface area contributed by atoms with Crippen LogP contribution in [0.3, 0.4) is 0 Å². The highest BCUT2D eigenvalue weighted by Crippen LogP contribution is 2.32. The van der Waals surface area contributed by atoms with Crippen molar-refractivity contribution in [1.29, 1.82) is 0 Å². The summed E-state index contributed by atoms with van der Waals surface area (Å²) in [5.41, 5.74) is 1.18. The molecule has 0 bridgehead atoms. The molecule has 188 valence electrons. The van der Waals surface area contributed by atoms with Crippen molar-refractivity contribution in [2.75, 3.05) is 30.1 Å². The van der Waals surface area contributed by atoms with Crippen LogP contribution in [0.4, 0.5) is 15.8 Å². The van der Waals surface area contributed by atoms with Gasteiger partial charge in [0.2, 0.25) is 5.91 Å². The Bertz CT molecular complexity index is 1390. The van der Waals surface area contributed by atoms with Gasteiger partial charge in [-0.3, -0.25) is 9.59 Å². The zero-order valence-corrected chi connectivity index (χ0v) is 20.8. The quantitative estimate of drug-likeness (QED) is 0.458. The van der Waals surface area contributed by atoms with Gasteiger partial charge in [-0.15, -0.1) is 0 Å². The van der Waals surface area contributed by atoms with Gasteiger partial charge in [0.05, 0.1) is 35.4 Å². The molecule has 0 unspecified atom stereocenters. The number of amides is 2. The number of nitrogens with one attached hydrogen (secondary N) is 1. The Balaban J connectivity index is 1.39. The van der Waals surface area contributed by atoms with E-state index in [1.165, 1.54) is 43.3 Å². The molecule has 1 aliphatic carbocycles. The van der Waals surface area contributed by atoms with Crippen LogP contribution < -0.4 is 15.0 Å². The van der Waals surface area contributed by atoms with E-state index in [2.05, 4.69) is 5.32 Å². The third-order valence-corrected chi connectivity index (χ3v) is 7.93. The molecule has 0 spiro atoms. The number of rotatable bonds is 9. The number of anilines is 2. The normalized spacial score (nSPS) is 13.2. The Morgan fingerprint density at radius 2 is 1.75 bits per heavy atom. The third kappa shape index (κ3) is 5.91. The van der Waals surface area contributed by atoms with Crippen LogP contribution in [0, 0.1) is 11.7 Å². The summed E-state index contributed by atoms with van der Waals surface area (Å²) in [6.45, 7) is 0. The van der Waals surface area contributed by atoms with Gasteiger partial charge in [-0.1, -0.05) is 24.3 Å². The smallest absolute Gasteiger partial charge is 0.261 e. The number of carbonyl (C=O) groups excluding carboxylic acids is 2. The fourth-order valence-electron chi connectivity index (χ4n) is 3.86. The van der Waals surface area contributed by atoms with Gasteiger partial charge in [0.15, 0.2) is 9.84 Å². The first-order chi connectivity index (χ1) is 17.2. The van der Waals surface area contributed by atoms with Crippen molar-refractivity contribution < 1.29 is 27.1 Å². The van der Waals surface area contributed by atoms with Crippen LogP contribution in [0.1, 0.15) is 28.8 Å². The van der Waals surface area contributed by atoms with Gasteiger partial charge in [0.1, 0.15) is 11.6 Å². The van der Waals surface area contributed by atoms with E-state index in [1.54, 1.807) is 36.4 Å². The lowest BCUT2D eigenvalue weighted by molar-refractivity contribution is -0.115. The third-order valence-electron chi connectivity index (χ3n) is 6.03. The van der Waals surface area contributed by atoms with Gasteiger partial charge in [-0.05, 0) is 66.8 Å². The summed E-state index contributed by atoms with van der Waals surface area (Å²) in [4.78, 5) is 26.9. The largest absolute Gasteiger partial charge is 0.495 e. The lowest BCUT2D eigenvalue weighted by Gasteiger charge is -2.20. The summed E-state index contributed by atoms with van der Waals surface area (Å²) in [5, 5.41) is 2.61. The van der Waals surface area contributed by atoms with Crippen molar-refractivity contribution in [3.05, 3.63) is 83.7 Å². The number of benzene rings is 3. The number of ether oxygens (including phenoxy) is 1. The first-order valence-corrected chi connectivity index (χ1v) is 13.2. The topological polar surface area (TPSA) is 92.8 Å². The van der Waals surface area contributed by atoms with Crippen molar-refractivity contribution in [3.8, 4) is 5.75 Å². The van der Waals surface area contributed by atoms with Crippen molar-refractivity contribution >= 4 is 33.0 Å². The summed E-state index contributed by atoms with van der Waals surface area (Å²) in [6, 6.07) is 17.0. The molecule has 4 rings (SSSR count). The molecule has 0 saturated heterocycles. The molecular weight excluding hydrogens is 483 g/mol. The molecule has 1 aliphatic rings. The number of para-hydroxylation sites is 2. The van der Waals surface area contributed by atoms with Gasteiger partial charge in [0, 0.05) is 12.7 Å². The standard InChI is InChI=1S/C27H27FN2O5S/c1-30(24-5-3-4-6-25(24)35-2)27(32)22-14-11-20(16-23(22)28)29-26(31)15-18-9-12-21(13-10-18)36(33,34)17-19-7-8-19/h3-6,9-14,16,19H,7-8,15,17H2,1-2H3,(H,29,31). The molecule has 7 nitrogen and oxygen atoms in total. The Morgan fingerprint density at radius 3 is 2.39 bits per heavy atom. The second kappa shape index (κ2) is 10.5. The summed E-state index contributed by atoms with van der Waals surface area (Å²) in [6.07, 6.45) is 1.89. The highest BCUT2D eigenvalue weighted by atomic mass is 32.2. The zero-order valence-electron chi connectivity index (χ0n) is 20.0. The monoisotopic (exact) mass is 510 g/mol. The van der Waals surface area contributed by atoms with Gasteiger partial charge >= 0.3 is 0 Å². The fourth-order valence-corrected chi connectivity index (χ4v) is 5.56. The lowest BCUT2D eigenvalue weighted by Crippen LogP contribution is -2.27. The highest BCUT2D eigenvalue weighted by Gasteiger charge is 2.29. The van der Waals surface area contributed by atoms with Crippen molar-refractivity contribution in [1.82, 2.24) is 0 Å². The predicted molar refractivity (Wildman–Crippen MR) is 136 cm³/mol. The van der Waals surface area contributed by atoms with Gasteiger partial charge in [-0.2, -0.15) is 0 Å². The van der Waals surface area contributed by atoms with Gasteiger partial charge < -0.3 is 15.0 Å². The first kappa shape index (κ1) is 25.4. The Morgan fingerprint density at radius 1 is 1.06 bits per heavy atom. The van der Waals surface area contributed by atoms with Crippen molar-refractivity contribution in [2.45, 2.75) is 24.2 Å². The zero-order chi connectivity index (χ0) is 25.9. The van der Waals surface area contributed by atoms with E-state index in [-0.39, 0.29) is 34.2 Å². The van der Waals surface area contributed by atoms with Crippen LogP contribution in [0.15, 0.2) is 71.6 Å². The van der Waals surface area contributed by atoms with E-state index in [1.807, 2.05) is 0 Å². The Hall–Kier alpha value is -3.72. The molecule has 3 aromatic rings. The number of sulfone groups is 1. The summed E-state index contributed by atoms with van der Waals surface area (Å²) in [5.74, 6) is -0.842. The molecule has 2 amide bonds. The maximum atomic E-state index is 14.8. The number of nitrogens with zero attached hydrogens (tertiary/aromatic N) is 1. The molecular formula is C27H27FN2O5S. The molecule has 0 aliphatic heterocycles. The number of halogens is 1. The average molecular weight is 511 g/mol. The molecule has 0 atom stereocenters. The van der Waals surface area contributed by atoms with E-state index in [4.69, 9.17) is 4.74 Å². The summed E-state index contributed by atoms with van der Waals surface area (Å²) in [7, 11) is -0.303. The Labute approximate surface area is 209 Å². The molecule has 0 radical (unpaired) electrons. The number of hydrogen-bond donors (Lipinski definition) is 1. The minimum atomic E-state index is -3.31. The van der Waals surface area contributed by atoms with Crippen LogP contribution in [0.2, 0.25) is 0 Å². The number of carbonyl (C=O) groups is 2. The molecule has 1 saturated carbocycles. The molecule has 9 heteroatoms. The van der Waals surface area contributed by atoms with Crippen LogP contribution in [0.25, 0.3) is 0 Å². The summed E-state index contributed by atoms with van der Waals surface area (Å²) < 4.78 is 44.8. The van der Waals surface area contributed by atoms with E-state index in [0.717, 1.165) is 18.9 Å². The molecule has 0 aromatic heterocycles.